The standard InChI is InChI=1S/C20H14Cl2N6/c1-28-9-14(18-26-15-4-2-3-5-16(15)27-18)17-19(23-10-24-20(17)28)25-13-7-11(21)6-12(22)8-13/h2-10H,1H3,(H,26,27)(H,23,24,25). The summed E-state index contributed by atoms with van der Waals surface area (Å²) in [6, 6.07) is 13.2. The fourth-order valence-electron chi connectivity index (χ4n) is 3.33. The summed E-state index contributed by atoms with van der Waals surface area (Å²) in [5, 5.41) is 5.27. The second-order valence-electron chi connectivity index (χ2n) is 6.46. The van der Waals surface area contributed by atoms with Crippen molar-refractivity contribution in [1.82, 2.24) is 24.5 Å². The van der Waals surface area contributed by atoms with Gasteiger partial charge in [-0.2, -0.15) is 0 Å². The van der Waals surface area contributed by atoms with Gasteiger partial charge in [0.15, 0.2) is 0 Å². The second kappa shape index (κ2) is 6.51. The Kier molecular flexibility index (Phi) is 3.96. The van der Waals surface area contributed by atoms with E-state index in [1.54, 1.807) is 18.2 Å². The first-order valence-electron chi connectivity index (χ1n) is 8.57. The number of rotatable bonds is 3. The first-order chi connectivity index (χ1) is 13.6. The molecule has 8 heteroatoms. The van der Waals surface area contributed by atoms with Gasteiger partial charge in [0.25, 0.3) is 0 Å². The number of benzene rings is 2. The van der Waals surface area contributed by atoms with Crippen LogP contribution in [-0.2, 0) is 7.05 Å². The molecule has 28 heavy (non-hydrogen) atoms. The van der Waals surface area contributed by atoms with Gasteiger partial charge >= 0.3 is 0 Å². The molecule has 0 radical (unpaired) electrons. The van der Waals surface area contributed by atoms with Gasteiger partial charge in [-0.05, 0) is 30.3 Å². The van der Waals surface area contributed by atoms with Crippen molar-refractivity contribution in [2.24, 2.45) is 7.05 Å². The Morgan fingerprint density at radius 2 is 1.82 bits per heavy atom. The lowest BCUT2D eigenvalue weighted by atomic mass is 10.2. The number of hydrogen-bond acceptors (Lipinski definition) is 4. The van der Waals surface area contributed by atoms with Crippen LogP contribution in [0, 0.1) is 0 Å². The number of halogens is 2. The van der Waals surface area contributed by atoms with Crippen molar-refractivity contribution in [3.8, 4) is 11.4 Å². The topological polar surface area (TPSA) is 71.4 Å². The summed E-state index contributed by atoms with van der Waals surface area (Å²) in [6.07, 6.45) is 3.52. The van der Waals surface area contributed by atoms with Crippen LogP contribution in [0.25, 0.3) is 33.5 Å². The van der Waals surface area contributed by atoms with E-state index in [1.165, 1.54) is 6.33 Å². The van der Waals surface area contributed by atoms with Crippen LogP contribution in [0.15, 0.2) is 55.0 Å². The largest absolute Gasteiger partial charge is 0.339 e. The van der Waals surface area contributed by atoms with E-state index in [0.717, 1.165) is 39.1 Å². The molecule has 5 aromatic rings. The lowest BCUT2D eigenvalue weighted by Gasteiger charge is -2.09. The normalized spacial score (nSPS) is 11.4. The van der Waals surface area contributed by atoms with E-state index in [9.17, 15) is 0 Å². The Morgan fingerprint density at radius 3 is 2.61 bits per heavy atom. The molecule has 138 valence electrons. The Morgan fingerprint density at radius 1 is 1.04 bits per heavy atom. The Bertz CT molecular complexity index is 1280. The lowest BCUT2D eigenvalue weighted by Crippen LogP contribution is -1.97. The van der Waals surface area contributed by atoms with E-state index >= 15 is 0 Å². The molecule has 0 atom stereocenters. The molecule has 0 aliphatic rings. The molecule has 2 N–H and O–H groups in total. The van der Waals surface area contributed by atoms with Gasteiger partial charge in [0.2, 0.25) is 0 Å². The number of imidazole rings is 1. The van der Waals surface area contributed by atoms with E-state index in [-0.39, 0.29) is 0 Å². The van der Waals surface area contributed by atoms with Crippen LogP contribution in [0.4, 0.5) is 11.5 Å². The summed E-state index contributed by atoms with van der Waals surface area (Å²) in [4.78, 5) is 17.0. The molecule has 0 amide bonds. The van der Waals surface area contributed by atoms with Gasteiger partial charge in [0.1, 0.15) is 23.6 Å². The van der Waals surface area contributed by atoms with Crippen molar-refractivity contribution in [3.05, 3.63) is 65.0 Å². The highest BCUT2D eigenvalue weighted by Crippen LogP contribution is 2.34. The maximum atomic E-state index is 6.13. The first-order valence-corrected chi connectivity index (χ1v) is 9.32. The van der Waals surface area contributed by atoms with Crippen molar-refractivity contribution in [3.63, 3.8) is 0 Å². The highest BCUT2D eigenvalue weighted by molar-refractivity contribution is 6.35. The number of aromatic nitrogens is 5. The molecule has 5 rings (SSSR count). The summed E-state index contributed by atoms with van der Waals surface area (Å²) in [5.74, 6) is 1.41. The van der Waals surface area contributed by atoms with Gasteiger partial charge in [-0.25, -0.2) is 15.0 Å². The minimum Gasteiger partial charge on any atom is -0.339 e. The van der Waals surface area contributed by atoms with Gasteiger partial charge in [-0.3, -0.25) is 0 Å². The molecule has 2 aromatic carbocycles. The molecule has 0 spiro atoms. The summed E-state index contributed by atoms with van der Waals surface area (Å²) in [6.45, 7) is 0. The summed E-state index contributed by atoms with van der Waals surface area (Å²) in [5.41, 5.74) is 4.33. The fourth-order valence-corrected chi connectivity index (χ4v) is 3.85. The average Bonchev–Trinajstić information content (AvgIpc) is 3.23. The maximum absolute atomic E-state index is 6.13. The van der Waals surface area contributed by atoms with Crippen LogP contribution < -0.4 is 5.32 Å². The highest BCUT2D eigenvalue weighted by atomic mass is 35.5. The molecule has 3 aromatic heterocycles. The Hall–Kier alpha value is -3.09. The molecule has 0 bridgehead atoms. The summed E-state index contributed by atoms with van der Waals surface area (Å²) in [7, 11) is 1.95. The first kappa shape index (κ1) is 17.0. The molecule has 0 saturated carbocycles. The van der Waals surface area contributed by atoms with Gasteiger partial charge in [-0.15, -0.1) is 0 Å². The highest BCUT2D eigenvalue weighted by Gasteiger charge is 2.18. The molecule has 0 fully saturated rings. The van der Waals surface area contributed by atoms with E-state index in [1.807, 2.05) is 42.1 Å². The monoisotopic (exact) mass is 408 g/mol. The predicted molar refractivity (Wildman–Crippen MR) is 113 cm³/mol. The maximum Gasteiger partial charge on any atom is 0.145 e. The number of aromatic amines is 1. The number of hydrogen-bond donors (Lipinski definition) is 2. The summed E-state index contributed by atoms with van der Waals surface area (Å²) >= 11 is 12.3. The van der Waals surface area contributed by atoms with E-state index in [2.05, 4.69) is 20.3 Å². The zero-order valence-corrected chi connectivity index (χ0v) is 16.3. The molecule has 3 heterocycles. The van der Waals surface area contributed by atoms with E-state index in [4.69, 9.17) is 28.2 Å². The number of aryl methyl sites for hydroxylation is 1. The SMILES string of the molecule is Cn1cc(-c2nc3ccccc3[nH]2)c2c(Nc3cc(Cl)cc(Cl)c3)ncnc21. The van der Waals surface area contributed by atoms with Gasteiger partial charge in [0, 0.05) is 34.5 Å². The Balaban J connectivity index is 1.70. The van der Waals surface area contributed by atoms with Crippen molar-refractivity contribution in [1.29, 1.82) is 0 Å². The number of H-pyrrole nitrogens is 1. The van der Waals surface area contributed by atoms with Crippen LogP contribution in [-0.4, -0.2) is 24.5 Å². The van der Waals surface area contributed by atoms with Crippen molar-refractivity contribution in [2.45, 2.75) is 0 Å². The fraction of sp³-hybridized carbons (Fsp3) is 0.0500. The molecule has 0 unspecified atom stereocenters. The number of nitrogens with zero attached hydrogens (tertiary/aromatic N) is 4. The molecule has 0 aliphatic carbocycles. The number of para-hydroxylation sites is 2. The van der Waals surface area contributed by atoms with Gasteiger partial charge in [0.05, 0.1) is 16.4 Å². The number of nitrogens with one attached hydrogen (secondary N) is 2. The van der Waals surface area contributed by atoms with Gasteiger partial charge < -0.3 is 14.9 Å². The van der Waals surface area contributed by atoms with Crippen molar-refractivity contribution < 1.29 is 0 Å². The zero-order chi connectivity index (χ0) is 19.3. The minimum absolute atomic E-state index is 0.547. The molecular formula is C20H14Cl2N6. The molecule has 0 saturated heterocycles. The third kappa shape index (κ3) is 2.87. The third-order valence-corrected chi connectivity index (χ3v) is 4.96. The average molecular weight is 409 g/mol. The van der Waals surface area contributed by atoms with Crippen LogP contribution in [0.2, 0.25) is 10.0 Å². The van der Waals surface area contributed by atoms with E-state index in [0.29, 0.717) is 15.9 Å². The smallest absolute Gasteiger partial charge is 0.145 e. The molecule has 0 aliphatic heterocycles. The lowest BCUT2D eigenvalue weighted by molar-refractivity contribution is 0.944. The van der Waals surface area contributed by atoms with Crippen molar-refractivity contribution in [2.75, 3.05) is 5.32 Å². The van der Waals surface area contributed by atoms with Crippen molar-refractivity contribution >= 4 is 56.8 Å². The van der Waals surface area contributed by atoms with Crippen LogP contribution >= 0.6 is 23.2 Å². The molecular weight excluding hydrogens is 395 g/mol. The molecule has 6 nitrogen and oxygen atoms in total. The van der Waals surface area contributed by atoms with Crippen LogP contribution in [0.5, 0.6) is 0 Å². The predicted octanol–water partition coefficient (Wildman–Crippen LogP) is 5.56. The summed E-state index contributed by atoms with van der Waals surface area (Å²) < 4.78 is 1.95. The van der Waals surface area contributed by atoms with Crippen LogP contribution in [0.3, 0.4) is 0 Å². The number of anilines is 2. The zero-order valence-electron chi connectivity index (χ0n) is 14.7. The number of fused-ring (bicyclic) bond motifs is 2. The quantitative estimate of drug-likeness (QED) is 0.409. The second-order valence-corrected chi connectivity index (χ2v) is 7.33. The van der Waals surface area contributed by atoms with Crippen LogP contribution in [0.1, 0.15) is 0 Å². The van der Waals surface area contributed by atoms with E-state index < -0.39 is 0 Å². The Labute approximate surface area is 170 Å². The minimum atomic E-state index is 0.547. The third-order valence-electron chi connectivity index (χ3n) is 4.52. The van der Waals surface area contributed by atoms with Gasteiger partial charge in [-0.1, -0.05) is 35.3 Å².